The van der Waals surface area contributed by atoms with Gasteiger partial charge in [0.1, 0.15) is 0 Å². The molecular weight excluding hydrogens is 72.1 g/mol. The van der Waals surface area contributed by atoms with Crippen molar-refractivity contribution in [3.05, 3.63) is 0 Å². The molecule has 1 unspecified atom stereocenters. The third-order valence-electron chi connectivity index (χ3n) is 0.784. The Morgan fingerprint density at radius 3 is 2.50 bits per heavy atom. The molecule has 0 saturated carbocycles. The predicted octanol–water partition coefficient (Wildman–Crippen LogP) is 0.643. The standard InChI is InChI=1S/C6H4/c1-2-6-4-3-5-6/h1,6H,4H2. The average Bonchev–Trinajstić information content (AvgIpc) is 1.31. The Balaban J connectivity index is 2.55. The Hall–Kier alpha value is -0.880. The minimum Gasteiger partial charge on any atom is -0.119 e. The third-order valence-corrected chi connectivity index (χ3v) is 0.784. The zero-order valence-corrected chi connectivity index (χ0v) is 3.36. The van der Waals surface area contributed by atoms with Gasteiger partial charge in [-0.05, 0) is 0 Å². The molecule has 0 fully saturated rings. The molecule has 0 amide bonds. The van der Waals surface area contributed by atoms with Gasteiger partial charge in [0.05, 0.1) is 5.92 Å². The molecule has 0 heterocycles. The van der Waals surface area contributed by atoms with Crippen LogP contribution in [0.3, 0.4) is 0 Å². The Kier molecular flexibility index (Phi) is 0.592. The monoisotopic (exact) mass is 76.0 g/mol. The predicted molar refractivity (Wildman–Crippen MR) is 24.7 cm³/mol. The zero-order valence-electron chi connectivity index (χ0n) is 3.36. The molecule has 0 aromatic heterocycles. The maximum atomic E-state index is 4.98. The molecule has 0 heteroatoms. The van der Waals surface area contributed by atoms with Gasteiger partial charge in [0, 0.05) is 6.42 Å². The summed E-state index contributed by atoms with van der Waals surface area (Å²) >= 11 is 0. The largest absolute Gasteiger partial charge is 0.119 e. The van der Waals surface area contributed by atoms with Crippen molar-refractivity contribution in [1.82, 2.24) is 0 Å². The van der Waals surface area contributed by atoms with Crippen LogP contribution in [0.1, 0.15) is 6.42 Å². The Labute approximate surface area is 37.6 Å². The van der Waals surface area contributed by atoms with Crippen molar-refractivity contribution < 1.29 is 0 Å². The van der Waals surface area contributed by atoms with Crippen molar-refractivity contribution in [3.8, 4) is 24.2 Å². The lowest BCUT2D eigenvalue weighted by Gasteiger charge is -2.00. The molecule has 6 heavy (non-hydrogen) atoms. The Morgan fingerprint density at radius 1 is 1.83 bits per heavy atom. The summed E-state index contributed by atoms with van der Waals surface area (Å²) in [6, 6.07) is 0. The summed E-state index contributed by atoms with van der Waals surface area (Å²) in [5, 5.41) is 0. The summed E-state index contributed by atoms with van der Waals surface area (Å²) in [4.78, 5) is 0. The lowest BCUT2D eigenvalue weighted by molar-refractivity contribution is 0.868. The Bertz CT molecular complexity index is 138. The van der Waals surface area contributed by atoms with E-state index in [0.29, 0.717) is 0 Å². The van der Waals surface area contributed by atoms with E-state index in [-0.39, 0.29) is 5.92 Å². The molecule has 0 radical (unpaired) electrons. The Morgan fingerprint density at radius 2 is 2.50 bits per heavy atom. The van der Waals surface area contributed by atoms with E-state index in [1.54, 1.807) is 0 Å². The van der Waals surface area contributed by atoms with Crippen molar-refractivity contribution in [3.63, 3.8) is 0 Å². The van der Waals surface area contributed by atoms with Gasteiger partial charge in [0.15, 0.2) is 0 Å². The first kappa shape index (κ1) is 3.32. The molecule has 0 aromatic rings. The number of terminal acetylenes is 1. The maximum absolute atomic E-state index is 4.98. The second-order valence-electron chi connectivity index (χ2n) is 1.24. The lowest BCUT2D eigenvalue weighted by atomic mass is 10.0. The van der Waals surface area contributed by atoms with E-state index in [2.05, 4.69) is 17.8 Å². The third kappa shape index (κ3) is 0.277. The molecule has 0 aromatic carbocycles. The van der Waals surface area contributed by atoms with Crippen LogP contribution in [0.4, 0.5) is 0 Å². The molecular formula is C6H4. The first-order valence-electron chi connectivity index (χ1n) is 1.88. The van der Waals surface area contributed by atoms with E-state index >= 15 is 0 Å². The highest BCUT2D eigenvalue weighted by Gasteiger charge is 2.01. The van der Waals surface area contributed by atoms with E-state index in [1.807, 2.05) is 0 Å². The fourth-order valence-electron chi connectivity index (χ4n) is 0.305. The molecule has 1 aliphatic carbocycles. The molecule has 0 bridgehead atoms. The van der Waals surface area contributed by atoms with E-state index in [9.17, 15) is 0 Å². The molecule has 0 N–H and O–H groups in total. The SMILES string of the molecule is C#CC1C#CC1. The van der Waals surface area contributed by atoms with Gasteiger partial charge >= 0.3 is 0 Å². The van der Waals surface area contributed by atoms with Gasteiger partial charge in [-0.15, -0.1) is 6.42 Å². The van der Waals surface area contributed by atoms with E-state index in [0.717, 1.165) is 6.42 Å². The second kappa shape index (κ2) is 1.07. The van der Waals surface area contributed by atoms with Gasteiger partial charge in [0.2, 0.25) is 0 Å². The van der Waals surface area contributed by atoms with Crippen LogP contribution < -0.4 is 0 Å². The van der Waals surface area contributed by atoms with Gasteiger partial charge in [-0.1, -0.05) is 17.8 Å². The van der Waals surface area contributed by atoms with Crippen LogP contribution in [0.5, 0.6) is 0 Å². The van der Waals surface area contributed by atoms with Gasteiger partial charge < -0.3 is 0 Å². The van der Waals surface area contributed by atoms with Crippen molar-refractivity contribution in [2.45, 2.75) is 6.42 Å². The van der Waals surface area contributed by atoms with Crippen LogP contribution in [-0.2, 0) is 0 Å². The highest BCUT2D eigenvalue weighted by molar-refractivity contribution is 5.25. The van der Waals surface area contributed by atoms with E-state index < -0.39 is 0 Å². The normalized spacial score (nSPS) is 25.5. The molecule has 0 saturated heterocycles. The quantitative estimate of drug-likeness (QED) is 0.371. The van der Waals surface area contributed by atoms with E-state index in [1.165, 1.54) is 0 Å². The van der Waals surface area contributed by atoms with Gasteiger partial charge in [-0.25, -0.2) is 0 Å². The minimum atomic E-state index is 0.282. The van der Waals surface area contributed by atoms with Crippen LogP contribution in [0.25, 0.3) is 0 Å². The fourth-order valence-corrected chi connectivity index (χ4v) is 0.305. The summed E-state index contributed by atoms with van der Waals surface area (Å²) in [6.07, 6.45) is 5.89. The summed E-state index contributed by atoms with van der Waals surface area (Å²) < 4.78 is 0. The molecule has 0 nitrogen and oxygen atoms in total. The number of hydrogen-bond acceptors (Lipinski definition) is 0. The van der Waals surface area contributed by atoms with E-state index in [4.69, 9.17) is 6.42 Å². The number of rotatable bonds is 0. The maximum Gasteiger partial charge on any atom is 0.0917 e. The molecule has 1 aliphatic rings. The zero-order chi connectivity index (χ0) is 4.41. The van der Waals surface area contributed by atoms with Crippen LogP contribution in [0, 0.1) is 30.1 Å². The summed E-state index contributed by atoms with van der Waals surface area (Å²) in [5.41, 5.74) is 0. The molecule has 28 valence electrons. The summed E-state index contributed by atoms with van der Waals surface area (Å²) in [6.45, 7) is 0. The summed E-state index contributed by atoms with van der Waals surface area (Å²) in [5.74, 6) is 8.44. The van der Waals surface area contributed by atoms with Crippen molar-refractivity contribution >= 4 is 0 Å². The lowest BCUT2D eigenvalue weighted by Crippen LogP contribution is -1.97. The fraction of sp³-hybridized carbons (Fsp3) is 0.333. The molecule has 0 aliphatic heterocycles. The van der Waals surface area contributed by atoms with Gasteiger partial charge in [0.25, 0.3) is 0 Å². The molecule has 1 atom stereocenters. The first-order chi connectivity index (χ1) is 2.93. The van der Waals surface area contributed by atoms with Crippen molar-refractivity contribution in [2.75, 3.05) is 0 Å². The molecule has 0 spiro atoms. The smallest absolute Gasteiger partial charge is 0.0917 e. The van der Waals surface area contributed by atoms with Gasteiger partial charge in [-0.3, -0.25) is 0 Å². The minimum absolute atomic E-state index is 0.282. The number of hydrogen-bond donors (Lipinski definition) is 0. The topological polar surface area (TPSA) is 0 Å². The van der Waals surface area contributed by atoms with Crippen LogP contribution >= 0.6 is 0 Å². The second-order valence-corrected chi connectivity index (χ2v) is 1.24. The van der Waals surface area contributed by atoms with Crippen molar-refractivity contribution in [2.24, 2.45) is 5.92 Å². The summed E-state index contributed by atoms with van der Waals surface area (Å²) in [7, 11) is 0. The first-order valence-corrected chi connectivity index (χ1v) is 1.88. The highest BCUT2D eigenvalue weighted by atomic mass is 14.0. The molecule has 1 rings (SSSR count). The van der Waals surface area contributed by atoms with Crippen LogP contribution in [0.2, 0.25) is 0 Å². The van der Waals surface area contributed by atoms with Crippen LogP contribution in [-0.4, -0.2) is 0 Å². The van der Waals surface area contributed by atoms with Crippen molar-refractivity contribution in [1.29, 1.82) is 0 Å². The van der Waals surface area contributed by atoms with Crippen LogP contribution in [0.15, 0.2) is 0 Å². The van der Waals surface area contributed by atoms with Gasteiger partial charge in [-0.2, -0.15) is 0 Å². The average molecular weight is 76.1 g/mol. The highest BCUT2D eigenvalue weighted by Crippen LogP contribution is 2.04.